The van der Waals surface area contributed by atoms with Gasteiger partial charge in [-0.2, -0.15) is 0 Å². The van der Waals surface area contributed by atoms with Crippen LogP contribution in [0, 0.1) is 0 Å². The number of likely N-dealkylation sites (tertiary alicyclic amines) is 1. The van der Waals surface area contributed by atoms with Gasteiger partial charge in [-0.05, 0) is 54.7 Å². The maximum Gasteiger partial charge on any atom is 0.193 e. The van der Waals surface area contributed by atoms with Crippen molar-refractivity contribution in [2.24, 2.45) is 4.99 Å². The van der Waals surface area contributed by atoms with Gasteiger partial charge in [-0.25, -0.2) is 4.98 Å². The molecule has 6 nitrogen and oxygen atoms in total. The van der Waals surface area contributed by atoms with Crippen molar-refractivity contribution < 1.29 is 4.74 Å². The van der Waals surface area contributed by atoms with E-state index >= 15 is 0 Å². The molecule has 1 unspecified atom stereocenters. The van der Waals surface area contributed by atoms with Crippen LogP contribution in [0.2, 0.25) is 0 Å². The van der Waals surface area contributed by atoms with Crippen molar-refractivity contribution in [3.63, 3.8) is 0 Å². The number of benzene rings is 1. The average molecular weight is 394 g/mol. The Bertz CT molecular complexity index is 829. The Morgan fingerprint density at radius 3 is 2.69 bits per heavy atom. The Labute approximate surface area is 173 Å². The van der Waals surface area contributed by atoms with Crippen molar-refractivity contribution >= 4 is 11.8 Å². The van der Waals surface area contributed by atoms with Gasteiger partial charge in [0.15, 0.2) is 5.96 Å². The van der Waals surface area contributed by atoms with Crippen LogP contribution in [0.15, 0.2) is 47.6 Å². The number of nitrogens with zero attached hydrogens (tertiary/aromatic N) is 4. The third-order valence-electron chi connectivity index (χ3n) is 5.98. The van der Waals surface area contributed by atoms with E-state index in [1.54, 1.807) is 7.11 Å². The van der Waals surface area contributed by atoms with Gasteiger partial charge in [0.25, 0.3) is 0 Å². The van der Waals surface area contributed by atoms with E-state index < -0.39 is 0 Å². The minimum Gasteiger partial charge on any atom is -0.497 e. The van der Waals surface area contributed by atoms with E-state index in [-0.39, 0.29) is 0 Å². The molecule has 2 fully saturated rings. The molecule has 0 amide bonds. The number of anilines is 1. The van der Waals surface area contributed by atoms with E-state index in [4.69, 9.17) is 4.74 Å². The van der Waals surface area contributed by atoms with E-state index in [2.05, 4.69) is 49.4 Å². The maximum atomic E-state index is 5.28. The van der Waals surface area contributed by atoms with Crippen molar-refractivity contribution in [1.29, 1.82) is 0 Å². The van der Waals surface area contributed by atoms with Crippen molar-refractivity contribution in [3.05, 3.63) is 53.7 Å². The number of aliphatic imine (C=N–C) groups is 1. The van der Waals surface area contributed by atoms with Gasteiger partial charge in [0.05, 0.1) is 7.11 Å². The molecular weight excluding hydrogens is 362 g/mol. The fourth-order valence-corrected chi connectivity index (χ4v) is 4.30. The second kappa shape index (κ2) is 9.16. The summed E-state index contributed by atoms with van der Waals surface area (Å²) in [4.78, 5) is 13.8. The minimum atomic E-state index is 0.530. The maximum absolute atomic E-state index is 5.28. The van der Waals surface area contributed by atoms with Gasteiger partial charge < -0.3 is 19.9 Å². The number of aromatic nitrogens is 1. The summed E-state index contributed by atoms with van der Waals surface area (Å²) in [6.07, 6.45) is 5.59. The summed E-state index contributed by atoms with van der Waals surface area (Å²) in [5.41, 5.74) is 2.61. The lowest BCUT2D eigenvalue weighted by Gasteiger charge is -2.22. The zero-order chi connectivity index (χ0) is 20.1. The van der Waals surface area contributed by atoms with E-state index in [1.165, 1.54) is 24.0 Å². The SMILES string of the molecule is CN=C(NCc1ccnc(N2CCCC2)c1)N1CCC(c2ccc(OC)cc2)C1. The van der Waals surface area contributed by atoms with Crippen LogP contribution in [0.5, 0.6) is 5.75 Å². The molecule has 1 aromatic carbocycles. The van der Waals surface area contributed by atoms with Crippen LogP contribution in [-0.2, 0) is 6.54 Å². The topological polar surface area (TPSA) is 53.0 Å². The summed E-state index contributed by atoms with van der Waals surface area (Å²) < 4.78 is 5.28. The van der Waals surface area contributed by atoms with Gasteiger partial charge in [0.2, 0.25) is 0 Å². The molecule has 29 heavy (non-hydrogen) atoms. The first-order valence-corrected chi connectivity index (χ1v) is 10.6. The second-order valence-corrected chi connectivity index (χ2v) is 7.82. The molecule has 3 heterocycles. The monoisotopic (exact) mass is 393 g/mol. The first-order chi connectivity index (χ1) is 14.3. The first-order valence-electron chi connectivity index (χ1n) is 10.6. The van der Waals surface area contributed by atoms with E-state index in [9.17, 15) is 0 Å². The van der Waals surface area contributed by atoms with Crippen LogP contribution in [0.25, 0.3) is 0 Å². The molecule has 1 aromatic heterocycles. The predicted octanol–water partition coefficient (Wildman–Crippen LogP) is 3.26. The lowest BCUT2D eigenvalue weighted by molar-refractivity contribution is 0.414. The predicted molar refractivity (Wildman–Crippen MR) is 118 cm³/mol. The lowest BCUT2D eigenvalue weighted by atomic mass is 9.98. The second-order valence-electron chi connectivity index (χ2n) is 7.82. The number of ether oxygens (including phenoxy) is 1. The van der Waals surface area contributed by atoms with Crippen molar-refractivity contribution in [1.82, 2.24) is 15.2 Å². The average Bonchev–Trinajstić information content (AvgIpc) is 3.47. The van der Waals surface area contributed by atoms with E-state index in [0.717, 1.165) is 56.7 Å². The lowest BCUT2D eigenvalue weighted by Crippen LogP contribution is -2.39. The van der Waals surface area contributed by atoms with Crippen LogP contribution < -0.4 is 15.0 Å². The number of guanidine groups is 1. The quantitative estimate of drug-likeness (QED) is 0.624. The van der Waals surface area contributed by atoms with Crippen LogP contribution in [-0.4, -0.2) is 56.2 Å². The Hall–Kier alpha value is -2.76. The number of methoxy groups -OCH3 is 1. The number of hydrogen-bond donors (Lipinski definition) is 1. The van der Waals surface area contributed by atoms with Crippen molar-refractivity contribution in [3.8, 4) is 5.75 Å². The van der Waals surface area contributed by atoms with Crippen LogP contribution >= 0.6 is 0 Å². The zero-order valence-corrected chi connectivity index (χ0v) is 17.5. The Morgan fingerprint density at radius 2 is 1.97 bits per heavy atom. The highest BCUT2D eigenvalue weighted by Gasteiger charge is 2.26. The molecule has 2 aromatic rings. The molecule has 0 saturated carbocycles. The summed E-state index contributed by atoms with van der Waals surface area (Å²) in [5, 5.41) is 3.55. The summed E-state index contributed by atoms with van der Waals surface area (Å²) in [7, 11) is 3.57. The molecule has 0 spiro atoms. The molecule has 4 rings (SSSR count). The molecular formula is C23H31N5O. The van der Waals surface area contributed by atoms with Crippen molar-refractivity contribution in [2.75, 3.05) is 45.2 Å². The van der Waals surface area contributed by atoms with Crippen LogP contribution in [0.3, 0.4) is 0 Å². The van der Waals surface area contributed by atoms with Gasteiger partial charge in [-0.1, -0.05) is 12.1 Å². The summed E-state index contributed by atoms with van der Waals surface area (Å²) in [5.74, 6) is 3.51. The Balaban J connectivity index is 1.34. The van der Waals surface area contributed by atoms with E-state index in [1.807, 2.05) is 25.4 Å². The standard InChI is InChI=1S/C23H31N5O/c1-24-23(26-16-18-9-11-25-22(15-18)27-12-3-4-13-27)28-14-10-20(17-28)19-5-7-21(29-2)8-6-19/h5-9,11,15,20H,3-4,10,12-14,16-17H2,1-2H3,(H,24,26). The highest BCUT2D eigenvalue weighted by Crippen LogP contribution is 2.28. The smallest absolute Gasteiger partial charge is 0.193 e. The zero-order valence-electron chi connectivity index (χ0n) is 17.5. The van der Waals surface area contributed by atoms with Crippen molar-refractivity contribution in [2.45, 2.75) is 31.7 Å². The minimum absolute atomic E-state index is 0.530. The normalized spacial score (nSPS) is 19.7. The summed E-state index contributed by atoms with van der Waals surface area (Å²) >= 11 is 0. The van der Waals surface area contributed by atoms with Gasteiger partial charge in [-0.3, -0.25) is 4.99 Å². The molecule has 6 heteroatoms. The summed E-state index contributed by atoms with van der Waals surface area (Å²) in [6.45, 7) is 5.00. The number of pyridine rings is 1. The Kier molecular flexibility index (Phi) is 6.17. The molecule has 0 radical (unpaired) electrons. The summed E-state index contributed by atoms with van der Waals surface area (Å²) in [6, 6.07) is 12.7. The third-order valence-corrected chi connectivity index (χ3v) is 5.98. The first kappa shape index (κ1) is 19.6. The highest BCUT2D eigenvalue weighted by molar-refractivity contribution is 5.80. The molecule has 0 bridgehead atoms. The molecule has 2 saturated heterocycles. The third kappa shape index (κ3) is 4.63. The largest absolute Gasteiger partial charge is 0.497 e. The van der Waals surface area contributed by atoms with Crippen LogP contribution in [0.4, 0.5) is 5.82 Å². The molecule has 2 aliphatic heterocycles. The van der Waals surface area contributed by atoms with Crippen LogP contribution in [0.1, 0.15) is 36.3 Å². The van der Waals surface area contributed by atoms with Gasteiger partial charge in [0, 0.05) is 51.9 Å². The number of rotatable bonds is 5. The fourth-order valence-electron chi connectivity index (χ4n) is 4.30. The van der Waals surface area contributed by atoms with Gasteiger partial charge in [-0.15, -0.1) is 0 Å². The van der Waals surface area contributed by atoms with Gasteiger partial charge >= 0.3 is 0 Å². The molecule has 1 N–H and O–H groups in total. The molecule has 1 atom stereocenters. The highest BCUT2D eigenvalue weighted by atomic mass is 16.5. The fraction of sp³-hybridized carbons (Fsp3) is 0.478. The number of hydrogen-bond acceptors (Lipinski definition) is 4. The van der Waals surface area contributed by atoms with Gasteiger partial charge in [0.1, 0.15) is 11.6 Å². The Morgan fingerprint density at radius 1 is 1.17 bits per heavy atom. The molecule has 2 aliphatic rings. The molecule has 154 valence electrons. The number of nitrogens with one attached hydrogen (secondary N) is 1. The molecule has 0 aliphatic carbocycles. The van der Waals surface area contributed by atoms with E-state index in [0.29, 0.717) is 5.92 Å².